The summed E-state index contributed by atoms with van der Waals surface area (Å²) in [7, 11) is 0. The van der Waals surface area contributed by atoms with Gasteiger partial charge in [0, 0.05) is 36.8 Å². The predicted octanol–water partition coefficient (Wildman–Crippen LogP) is 3.26. The van der Waals surface area contributed by atoms with Crippen molar-refractivity contribution in [2.75, 3.05) is 11.9 Å². The lowest BCUT2D eigenvalue weighted by Crippen LogP contribution is -2.40. The third-order valence-corrected chi connectivity index (χ3v) is 7.04. The summed E-state index contributed by atoms with van der Waals surface area (Å²) >= 11 is 0. The van der Waals surface area contributed by atoms with Gasteiger partial charge >= 0.3 is 5.97 Å². The van der Waals surface area contributed by atoms with Gasteiger partial charge in [-0.25, -0.2) is 4.79 Å². The molecule has 2 aromatic heterocycles. The summed E-state index contributed by atoms with van der Waals surface area (Å²) in [6.45, 7) is 5.86. The standard InChI is InChI=1S/C28H35N5O7.C2H6/c1-18-15-23(32-40-18)27(37)31-22-9-6-14-33(28(22)38)17-24(34)30-20(16-19-12-13-29-26(19)36)10-11-25(35)39-21-7-4-2-3-5-8-21;1-2/h6,9-11,14-15,19-21H,2-5,7-8,12-13,16-17H2,1H3,(H,29,36)(H,30,34)(H,31,37);1-2H3/b11-10+;/t19?,20-;/m1./s1. The van der Waals surface area contributed by atoms with Crippen molar-refractivity contribution < 1.29 is 28.4 Å². The van der Waals surface area contributed by atoms with Gasteiger partial charge in [0.2, 0.25) is 11.8 Å². The summed E-state index contributed by atoms with van der Waals surface area (Å²) in [6, 6.07) is 3.76. The first-order valence-corrected chi connectivity index (χ1v) is 14.7. The van der Waals surface area contributed by atoms with Gasteiger partial charge in [0.25, 0.3) is 11.5 Å². The van der Waals surface area contributed by atoms with E-state index in [1.54, 1.807) is 13.0 Å². The van der Waals surface area contributed by atoms with E-state index in [0.717, 1.165) is 43.1 Å². The summed E-state index contributed by atoms with van der Waals surface area (Å²) in [6.07, 6.45) is 11.1. The van der Waals surface area contributed by atoms with Crippen LogP contribution in [0.4, 0.5) is 5.69 Å². The largest absolute Gasteiger partial charge is 0.459 e. The van der Waals surface area contributed by atoms with E-state index in [-0.39, 0.29) is 35.9 Å². The molecule has 4 rings (SSSR count). The third kappa shape index (κ3) is 9.71. The maximum Gasteiger partial charge on any atom is 0.330 e. The third-order valence-electron chi connectivity index (χ3n) is 7.04. The van der Waals surface area contributed by atoms with Crippen LogP contribution in [0.25, 0.3) is 0 Å². The summed E-state index contributed by atoms with van der Waals surface area (Å²) < 4.78 is 11.6. The van der Waals surface area contributed by atoms with Crippen molar-refractivity contribution in [1.29, 1.82) is 0 Å². The van der Waals surface area contributed by atoms with Crippen LogP contribution >= 0.6 is 0 Å². The molecule has 1 aliphatic carbocycles. The van der Waals surface area contributed by atoms with Crippen LogP contribution < -0.4 is 21.5 Å². The van der Waals surface area contributed by atoms with E-state index in [1.807, 2.05) is 13.8 Å². The van der Waals surface area contributed by atoms with Crippen molar-refractivity contribution in [3.63, 3.8) is 0 Å². The van der Waals surface area contributed by atoms with Crippen molar-refractivity contribution in [2.24, 2.45) is 5.92 Å². The Kier molecular flexibility index (Phi) is 12.5. The molecular formula is C30H41N5O7. The Hall–Kier alpha value is -4.22. The Labute approximate surface area is 245 Å². The average molecular weight is 584 g/mol. The molecule has 2 atom stereocenters. The number of nitrogens with one attached hydrogen (secondary N) is 3. The van der Waals surface area contributed by atoms with E-state index in [4.69, 9.17) is 9.26 Å². The number of aryl methyl sites for hydroxylation is 1. The number of pyridine rings is 1. The van der Waals surface area contributed by atoms with Gasteiger partial charge < -0.3 is 29.8 Å². The second-order valence-corrected chi connectivity index (χ2v) is 10.2. The molecule has 1 saturated carbocycles. The molecule has 42 heavy (non-hydrogen) atoms. The Morgan fingerprint density at radius 1 is 1.17 bits per heavy atom. The first-order valence-electron chi connectivity index (χ1n) is 14.7. The van der Waals surface area contributed by atoms with E-state index in [9.17, 15) is 24.0 Å². The number of nitrogens with zero attached hydrogens (tertiary/aromatic N) is 2. The molecule has 3 heterocycles. The second kappa shape index (κ2) is 16.3. The predicted molar refractivity (Wildman–Crippen MR) is 156 cm³/mol. The van der Waals surface area contributed by atoms with Crippen molar-refractivity contribution >= 4 is 29.4 Å². The van der Waals surface area contributed by atoms with Crippen LogP contribution in [-0.4, -0.2) is 52.1 Å². The van der Waals surface area contributed by atoms with Crippen LogP contribution in [0.5, 0.6) is 0 Å². The van der Waals surface area contributed by atoms with Crippen LogP contribution in [0.2, 0.25) is 0 Å². The lowest BCUT2D eigenvalue weighted by molar-refractivity contribution is -0.143. The lowest BCUT2D eigenvalue weighted by atomic mass is 9.98. The molecule has 0 radical (unpaired) electrons. The zero-order valence-electron chi connectivity index (χ0n) is 24.5. The zero-order valence-corrected chi connectivity index (χ0v) is 24.5. The normalized spacial score (nSPS) is 17.9. The van der Waals surface area contributed by atoms with E-state index in [2.05, 4.69) is 21.1 Å². The van der Waals surface area contributed by atoms with Gasteiger partial charge in [0.05, 0.1) is 0 Å². The number of hydrogen-bond donors (Lipinski definition) is 3. The highest BCUT2D eigenvalue weighted by Crippen LogP contribution is 2.20. The fourth-order valence-corrected chi connectivity index (χ4v) is 4.94. The monoisotopic (exact) mass is 583 g/mol. The summed E-state index contributed by atoms with van der Waals surface area (Å²) in [5, 5.41) is 11.7. The van der Waals surface area contributed by atoms with Gasteiger partial charge in [0.1, 0.15) is 24.1 Å². The smallest absolute Gasteiger partial charge is 0.330 e. The molecule has 2 aliphatic rings. The minimum atomic E-state index is -0.628. The highest BCUT2D eigenvalue weighted by atomic mass is 16.5. The van der Waals surface area contributed by atoms with E-state index in [0.29, 0.717) is 25.1 Å². The molecule has 0 bridgehead atoms. The first kappa shape index (κ1) is 32.3. The van der Waals surface area contributed by atoms with E-state index >= 15 is 0 Å². The van der Waals surface area contributed by atoms with Crippen LogP contribution in [0.3, 0.4) is 0 Å². The van der Waals surface area contributed by atoms with E-state index in [1.165, 1.54) is 30.5 Å². The Morgan fingerprint density at radius 2 is 1.90 bits per heavy atom. The number of ether oxygens (including phenoxy) is 1. The van der Waals surface area contributed by atoms with Crippen LogP contribution in [0.1, 0.15) is 81.5 Å². The van der Waals surface area contributed by atoms with Crippen LogP contribution in [-0.2, 0) is 25.7 Å². The minimum absolute atomic E-state index is 0.0215. The molecule has 1 saturated heterocycles. The van der Waals surface area contributed by atoms with Gasteiger partial charge in [-0.15, -0.1) is 0 Å². The minimum Gasteiger partial charge on any atom is -0.459 e. The number of hydrogen-bond acceptors (Lipinski definition) is 8. The summed E-state index contributed by atoms with van der Waals surface area (Å²) in [4.78, 5) is 62.9. The molecule has 12 heteroatoms. The number of anilines is 1. The molecule has 1 aliphatic heterocycles. The molecule has 1 unspecified atom stereocenters. The van der Waals surface area contributed by atoms with Gasteiger partial charge in [-0.3, -0.25) is 19.2 Å². The SMILES string of the molecule is CC.Cc1cc(C(=O)Nc2cccn(CC(=O)N[C@H](/C=C/C(=O)OC3CCCCCC3)CC3CCNC3=O)c2=O)no1. The molecular weight excluding hydrogens is 542 g/mol. The quantitative estimate of drug-likeness (QED) is 0.218. The zero-order chi connectivity index (χ0) is 30.5. The fourth-order valence-electron chi connectivity index (χ4n) is 4.94. The Morgan fingerprint density at radius 3 is 2.55 bits per heavy atom. The number of esters is 1. The summed E-state index contributed by atoms with van der Waals surface area (Å²) in [5.41, 5.74) is -0.588. The fraction of sp³-hybridized carbons (Fsp3) is 0.533. The number of carbonyl (C=O) groups excluding carboxylic acids is 4. The van der Waals surface area contributed by atoms with Gasteiger partial charge in [0.15, 0.2) is 5.69 Å². The highest BCUT2D eigenvalue weighted by molar-refractivity contribution is 6.02. The van der Waals surface area contributed by atoms with Gasteiger partial charge in [-0.1, -0.05) is 37.9 Å². The molecule has 228 valence electrons. The molecule has 2 fully saturated rings. The number of carbonyl (C=O) groups is 4. The molecule has 0 spiro atoms. The van der Waals surface area contributed by atoms with Crippen molar-refractivity contribution in [3.8, 4) is 0 Å². The highest BCUT2D eigenvalue weighted by Gasteiger charge is 2.27. The van der Waals surface area contributed by atoms with Crippen molar-refractivity contribution in [3.05, 3.63) is 58.4 Å². The molecule has 3 N–H and O–H groups in total. The Balaban J connectivity index is 0.00000237. The van der Waals surface area contributed by atoms with E-state index < -0.39 is 29.4 Å². The van der Waals surface area contributed by atoms with Crippen molar-refractivity contribution in [2.45, 2.75) is 90.8 Å². The van der Waals surface area contributed by atoms with Gasteiger partial charge in [-0.2, -0.15) is 0 Å². The first-order chi connectivity index (χ1) is 20.3. The maximum absolute atomic E-state index is 13.0. The number of rotatable bonds is 10. The molecule has 12 nitrogen and oxygen atoms in total. The van der Waals surface area contributed by atoms with Crippen LogP contribution in [0, 0.1) is 12.8 Å². The van der Waals surface area contributed by atoms with Gasteiger partial charge in [-0.05, 0) is 57.6 Å². The second-order valence-electron chi connectivity index (χ2n) is 10.2. The molecule has 0 aromatic carbocycles. The average Bonchev–Trinajstić information content (AvgIpc) is 3.50. The number of amides is 3. The van der Waals surface area contributed by atoms with Crippen LogP contribution in [0.15, 0.2) is 45.9 Å². The number of aromatic nitrogens is 2. The molecule has 3 amide bonds. The lowest BCUT2D eigenvalue weighted by Gasteiger charge is -2.19. The Bertz CT molecular complexity index is 1310. The maximum atomic E-state index is 13.0. The molecule has 2 aromatic rings. The summed E-state index contributed by atoms with van der Waals surface area (Å²) in [5.74, 6) is -1.56. The topological polar surface area (TPSA) is 162 Å². The van der Waals surface area contributed by atoms with Crippen molar-refractivity contribution in [1.82, 2.24) is 20.4 Å².